The fraction of sp³-hybridized carbons (Fsp3) is 0.250. The number of rotatable bonds is 4. The van der Waals surface area contributed by atoms with Crippen LogP contribution in [0.2, 0.25) is 0 Å². The SMILES string of the molecule is CN(C)C(=S)C1(c2ccccc2)SC(c2ccccc2)=C(N(C)C)S1. The number of thioether (sulfide) groups is 2. The summed E-state index contributed by atoms with van der Waals surface area (Å²) in [5, 5.41) is 1.25. The maximum absolute atomic E-state index is 5.91. The van der Waals surface area contributed by atoms with Crippen LogP contribution in [-0.2, 0) is 4.08 Å². The van der Waals surface area contributed by atoms with Crippen molar-refractivity contribution in [3.8, 4) is 0 Å². The maximum atomic E-state index is 5.91. The van der Waals surface area contributed by atoms with E-state index in [0.717, 1.165) is 4.99 Å². The fourth-order valence-electron chi connectivity index (χ4n) is 2.74. The minimum absolute atomic E-state index is 0.329. The minimum atomic E-state index is -0.329. The van der Waals surface area contributed by atoms with Gasteiger partial charge in [-0.3, -0.25) is 0 Å². The monoisotopic (exact) mass is 386 g/mol. The molecule has 0 spiro atoms. The number of hydrogen-bond donors (Lipinski definition) is 0. The van der Waals surface area contributed by atoms with Gasteiger partial charge in [0.1, 0.15) is 9.07 Å². The van der Waals surface area contributed by atoms with Crippen molar-refractivity contribution in [1.29, 1.82) is 0 Å². The van der Waals surface area contributed by atoms with Gasteiger partial charge in [0.25, 0.3) is 0 Å². The van der Waals surface area contributed by atoms with E-state index >= 15 is 0 Å². The molecule has 0 aliphatic carbocycles. The van der Waals surface area contributed by atoms with Crippen LogP contribution in [0.1, 0.15) is 11.1 Å². The van der Waals surface area contributed by atoms with Crippen molar-refractivity contribution in [3.05, 3.63) is 76.8 Å². The van der Waals surface area contributed by atoms with Crippen molar-refractivity contribution in [1.82, 2.24) is 9.80 Å². The average Bonchev–Trinajstić information content (AvgIpc) is 3.05. The Morgan fingerprint density at radius 2 is 1.40 bits per heavy atom. The predicted molar refractivity (Wildman–Crippen MR) is 117 cm³/mol. The van der Waals surface area contributed by atoms with Crippen LogP contribution in [-0.4, -0.2) is 43.0 Å². The lowest BCUT2D eigenvalue weighted by Gasteiger charge is -2.33. The Kier molecular flexibility index (Phi) is 5.46. The van der Waals surface area contributed by atoms with E-state index in [-0.39, 0.29) is 4.08 Å². The van der Waals surface area contributed by atoms with Gasteiger partial charge in [0.2, 0.25) is 0 Å². The van der Waals surface area contributed by atoms with E-state index in [1.807, 2.05) is 37.6 Å². The van der Waals surface area contributed by atoms with Crippen molar-refractivity contribution in [2.75, 3.05) is 28.2 Å². The van der Waals surface area contributed by atoms with Crippen LogP contribution in [0.15, 0.2) is 65.7 Å². The van der Waals surface area contributed by atoms with Gasteiger partial charge in [-0.25, -0.2) is 0 Å². The standard InChI is InChI=1S/C20H22N2S3/c1-21(2)18-17(15-11-7-5-8-12-15)24-20(25-18,19(23)22(3)4)16-13-9-6-10-14-16/h5-14H,1-4H3. The highest BCUT2D eigenvalue weighted by molar-refractivity contribution is 8.28. The van der Waals surface area contributed by atoms with Gasteiger partial charge in [-0.15, -0.1) is 0 Å². The molecule has 2 aromatic rings. The number of hydrogen-bond acceptors (Lipinski definition) is 4. The van der Waals surface area contributed by atoms with Crippen molar-refractivity contribution in [2.24, 2.45) is 0 Å². The molecule has 2 aromatic carbocycles. The summed E-state index contributed by atoms with van der Waals surface area (Å²) in [6.45, 7) is 0. The third-order valence-corrected chi connectivity index (χ3v) is 8.35. The third-order valence-electron chi connectivity index (χ3n) is 3.96. The molecule has 0 aromatic heterocycles. The summed E-state index contributed by atoms with van der Waals surface area (Å²) in [4.78, 5) is 6.47. The van der Waals surface area contributed by atoms with E-state index in [9.17, 15) is 0 Å². The van der Waals surface area contributed by atoms with E-state index in [0.29, 0.717) is 0 Å². The van der Waals surface area contributed by atoms with Gasteiger partial charge in [-0.1, -0.05) is 96.4 Å². The van der Waals surface area contributed by atoms with E-state index in [1.165, 1.54) is 21.1 Å². The van der Waals surface area contributed by atoms with Crippen LogP contribution in [0.5, 0.6) is 0 Å². The van der Waals surface area contributed by atoms with Crippen LogP contribution >= 0.6 is 35.7 Å². The largest absolute Gasteiger partial charge is 0.372 e. The van der Waals surface area contributed by atoms with Crippen molar-refractivity contribution >= 4 is 45.6 Å². The number of nitrogens with zero attached hydrogens (tertiary/aromatic N) is 2. The fourth-order valence-corrected chi connectivity index (χ4v) is 6.53. The number of benzene rings is 2. The summed E-state index contributed by atoms with van der Waals surface area (Å²) in [6, 6.07) is 21.2. The minimum Gasteiger partial charge on any atom is -0.372 e. The molecule has 0 bridgehead atoms. The molecule has 0 saturated carbocycles. The van der Waals surface area contributed by atoms with Gasteiger partial charge in [0.05, 0.1) is 5.03 Å². The van der Waals surface area contributed by atoms with Crippen molar-refractivity contribution in [3.63, 3.8) is 0 Å². The zero-order valence-corrected chi connectivity index (χ0v) is 17.3. The summed E-state index contributed by atoms with van der Waals surface area (Å²) in [7, 11) is 8.27. The van der Waals surface area contributed by atoms with Crippen molar-refractivity contribution in [2.45, 2.75) is 4.08 Å². The third kappa shape index (κ3) is 3.46. The molecule has 2 nitrogen and oxygen atoms in total. The first kappa shape index (κ1) is 18.4. The van der Waals surface area contributed by atoms with Crippen LogP contribution in [0.4, 0.5) is 0 Å². The van der Waals surface area contributed by atoms with E-state index < -0.39 is 0 Å². The Morgan fingerprint density at radius 3 is 1.92 bits per heavy atom. The summed E-state index contributed by atoms with van der Waals surface area (Å²) in [5.41, 5.74) is 2.47. The van der Waals surface area contributed by atoms with Gasteiger partial charge in [0.15, 0.2) is 0 Å². The summed E-state index contributed by atoms with van der Waals surface area (Å²) >= 11 is 9.61. The van der Waals surface area contributed by atoms with E-state index in [4.69, 9.17) is 12.2 Å². The Bertz CT molecular complexity index is 785. The molecule has 25 heavy (non-hydrogen) atoms. The number of thiocarbonyl (C=S) groups is 1. The second-order valence-corrected chi connectivity index (χ2v) is 9.35. The van der Waals surface area contributed by atoms with Gasteiger partial charge in [-0.2, -0.15) is 0 Å². The predicted octanol–water partition coefficient (Wildman–Crippen LogP) is 5.10. The van der Waals surface area contributed by atoms with Crippen LogP contribution in [0, 0.1) is 0 Å². The van der Waals surface area contributed by atoms with Crippen LogP contribution in [0.25, 0.3) is 4.91 Å². The molecule has 1 atom stereocenters. The van der Waals surface area contributed by atoms with E-state index in [2.05, 4.69) is 84.6 Å². The summed E-state index contributed by atoms with van der Waals surface area (Å²) in [5.74, 6) is 0. The Morgan fingerprint density at radius 1 is 0.840 bits per heavy atom. The van der Waals surface area contributed by atoms with Crippen LogP contribution < -0.4 is 0 Å². The molecule has 0 amide bonds. The van der Waals surface area contributed by atoms with Gasteiger partial charge < -0.3 is 9.80 Å². The molecule has 0 radical (unpaired) electrons. The lowest BCUT2D eigenvalue weighted by molar-refractivity contribution is 0.553. The second kappa shape index (κ2) is 7.44. The highest BCUT2D eigenvalue weighted by Crippen LogP contribution is 2.64. The average molecular weight is 387 g/mol. The lowest BCUT2D eigenvalue weighted by Crippen LogP contribution is -2.36. The zero-order chi connectivity index (χ0) is 18.0. The Labute approximate surface area is 164 Å². The summed E-state index contributed by atoms with van der Waals surface area (Å²) in [6.07, 6.45) is 0. The second-order valence-electron chi connectivity index (χ2n) is 6.28. The molecule has 3 rings (SSSR count). The highest BCUT2D eigenvalue weighted by Gasteiger charge is 2.47. The normalized spacial score (nSPS) is 19.8. The molecular formula is C20H22N2S3. The molecule has 1 aliphatic heterocycles. The molecule has 0 saturated heterocycles. The Balaban J connectivity index is 2.13. The lowest BCUT2D eigenvalue weighted by atomic mass is 10.1. The van der Waals surface area contributed by atoms with Gasteiger partial charge in [0, 0.05) is 33.1 Å². The van der Waals surface area contributed by atoms with Crippen LogP contribution in [0.3, 0.4) is 0 Å². The molecule has 0 N–H and O–H groups in total. The molecular weight excluding hydrogens is 364 g/mol. The molecule has 1 heterocycles. The quantitative estimate of drug-likeness (QED) is 0.673. The molecule has 1 aliphatic rings. The maximum Gasteiger partial charge on any atom is 0.147 e. The first-order chi connectivity index (χ1) is 12.0. The topological polar surface area (TPSA) is 6.48 Å². The Hall–Kier alpha value is -1.43. The summed E-state index contributed by atoms with van der Waals surface area (Å²) < 4.78 is -0.329. The molecule has 0 fully saturated rings. The highest BCUT2D eigenvalue weighted by atomic mass is 32.2. The smallest absolute Gasteiger partial charge is 0.147 e. The molecule has 5 heteroatoms. The first-order valence-corrected chi connectivity index (χ1v) is 10.1. The van der Waals surface area contributed by atoms with E-state index in [1.54, 1.807) is 0 Å². The first-order valence-electron chi connectivity index (χ1n) is 8.08. The van der Waals surface area contributed by atoms with Gasteiger partial charge in [-0.05, 0) is 11.1 Å². The zero-order valence-electron chi connectivity index (χ0n) is 14.9. The van der Waals surface area contributed by atoms with Crippen molar-refractivity contribution < 1.29 is 0 Å². The molecule has 1 unspecified atom stereocenters. The number of likely N-dealkylation sites (N-methyl/N-ethyl adjacent to an activating group) is 1. The van der Waals surface area contributed by atoms with Gasteiger partial charge >= 0.3 is 0 Å². The molecule has 130 valence electrons.